The Labute approximate surface area is 125 Å². The number of halogens is 1. The lowest BCUT2D eigenvalue weighted by molar-refractivity contribution is 0.889. The molecule has 1 heterocycles. The van der Waals surface area contributed by atoms with Crippen LogP contribution in [0.5, 0.6) is 0 Å². The monoisotopic (exact) mass is 335 g/mol. The van der Waals surface area contributed by atoms with E-state index in [-0.39, 0.29) is 6.04 Å². The highest BCUT2D eigenvalue weighted by molar-refractivity contribution is 9.10. The Balaban J connectivity index is 2.30. The van der Waals surface area contributed by atoms with E-state index in [9.17, 15) is 5.26 Å². The molecule has 0 saturated heterocycles. The highest BCUT2D eigenvalue weighted by Gasteiger charge is 2.15. The van der Waals surface area contributed by atoms with Gasteiger partial charge in [-0.15, -0.1) is 11.3 Å². The summed E-state index contributed by atoms with van der Waals surface area (Å²) in [6, 6.07) is 8.06. The van der Waals surface area contributed by atoms with Crippen LogP contribution in [0, 0.1) is 25.2 Å². The third-order valence-electron chi connectivity index (χ3n) is 2.83. The quantitative estimate of drug-likeness (QED) is 0.893. The molecule has 0 spiro atoms. The molecular formula is C14H14BrN3S. The largest absolute Gasteiger partial charge is 0.377 e. The summed E-state index contributed by atoms with van der Waals surface area (Å²) in [4.78, 5) is 5.65. The predicted molar refractivity (Wildman–Crippen MR) is 82.5 cm³/mol. The molecule has 1 unspecified atom stereocenters. The van der Waals surface area contributed by atoms with E-state index in [1.54, 1.807) is 11.3 Å². The first-order valence-electron chi connectivity index (χ1n) is 5.92. The van der Waals surface area contributed by atoms with Crippen molar-refractivity contribution in [1.29, 1.82) is 5.26 Å². The van der Waals surface area contributed by atoms with E-state index in [0.717, 1.165) is 20.9 Å². The lowest BCUT2D eigenvalue weighted by Gasteiger charge is -2.16. The molecule has 0 bridgehead atoms. The van der Waals surface area contributed by atoms with Crippen molar-refractivity contribution in [1.82, 2.24) is 4.98 Å². The van der Waals surface area contributed by atoms with Gasteiger partial charge in [-0.25, -0.2) is 4.98 Å². The number of nitriles is 1. The lowest BCUT2D eigenvalue weighted by Crippen LogP contribution is -2.07. The van der Waals surface area contributed by atoms with Crippen LogP contribution in [0.2, 0.25) is 0 Å². The van der Waals surface area contributed by atoms with E-state index in [1.165, 1.54) is 4.88 Å². The van der Waals surface area contributed by atoms with Crippen LogP contribution in [-0.2, 0) is 0 Å². The molecule has 5 heteroatoms. The van der Waals surface area contributed by atoms with Crippen LogP contribution in [-0.4, -0.2) is 4.98 Å². The second-order valence-corrected chi connectivity index (χ2v) is 6.41. The minimum atomic E-state index is 0.132. The molecule has 19 heavy (non-hydrogen) atoms. The zero-order valence-electron chi connectivity index (χ0n) is 11.0. The molecule has 98 valence electrons. The molecule has 0 aliphatic heterocycles. The minimum absolute atomic E-state index is 0.132. The number of anilines is 1. The zero-order valence-corrected chi connectivity index (χ0v) is 13.4. The average molecular weight is 336 g/mol. The van der Waals surface area contributed by atoms with Crippen molar-refractivity contribution in [2.75, 3.05) is 5.32 Å². The van der Waals surface area contributed by atoms with Crippen LogP contribution >= 0.6 is 27.3 Å². The molecule has 0 amide bonds. The first kappa shape index (κ1) is 14.0. The Morgan fingerprint density at radius 1 is 1.42 bits per heavy atom. The van der Waals surface area contributed by atoms with E-state index < -0.39 is 0 Å². The normalized spacial score (nSPS) is 11.9. The van der Waals surface area contributed by atoms with Crippen LogP contribution in [0.1, 0.15) is 34.1 Å². The maximum absolute atomic E-state index is 9.21. The van der Waals surface area contributed by atoms with Gasteiger partial charge in [0.1, 0.15) is 6.07 Å². The smallest absolute Gasteiger partial charge is 0.103 e. The Hall–Kier alpha value is -1.38. The number of hydrogen-bond acceptors (Lipinski definition) is 4. The molecule has 0 fully saturated rings. The van der Waals surface area contributed by atoms with Crippen molar-refractivity contribution in [2.24, 2.45) is 0 Å². The average Bonchev–Trinajstić information content (AvgIpc) is 2.69. The highest BCUT2D eigenvalue weighted by Crippen LogP contribution is 2.30. The lowest BCUT2D eigenvalue weighted by atomic mass is 10.1. The summed E-state index contributed by atoms with van der Waals surface area (Å²) in [5.41, 5.74) is 2.53. The number of nitrogens with zero attached hydrogens (tertiary/aromatic N) is 2. The second-order valence-electron chi connectivity index (χ2n) is 4.32. The zero-order chi connectivity index (χ0) is 14.0. The summed E-state index contributed by atoms with van der Waals surface area (Å²) in [6.45, 7) is 6.11. The predicted octanol–water partition coefficient (Wildman–Crippen LogP) is 4.57. The molecule has 0 radical (unpaired) electrons. The first-order valence-corrected chi connectivity index (χ1v) is 7.53. The molecule has 2 rings (SSSR count). The molecular weight excluding hydrogens is 322 g/mol. The van der Waals surface area contributed by atoms with Crippen molar-refractivity contribution in [2.45, 2.75) is 26.8 Å². The van der Waals surface area contributed by atoms with Gasteiger partial charge in [0.25, 0.3) is 0 Å². The van der Waals surface area contributed by atoms with Gasteiger partial charge in [0, 0.05) is 9.35 Å². The van der Waals surface area contributed by atoms with Crippen molar-refractivity contribution in [3.8, 4) is 6.07 Å². The third-order valence-corrected chi connectivity index (χ3v) is 4.75. The molecule has 0 aliphatic rings. The van der Waals surface area contributed by atoms with Gasteiger partial charge in [-0.3, -0.25) is 0 Å². The Morgan fingerprint density at radius 2 is 2.16 bits per heavy atom. The van der Waals surface area contributed by atoms with Gasteiger partial charge < -0.3 is 5.32 Å². The summed E-state index contributed by atoms with van der Waals surface area (Å²) in [7, 11) is 0. The third kappa shape index (κ3) is 2.96. The number of hydrogen-bond donors (Lipinski definition) is 1. The van der Waals surface area contributed by atoms with Gasteiger partial charge in [-0.2, -0.15) is 5.26 Å². The van der Waals surface area contributed by atoms with Crippen molar-refractivity contribution < 1.29 is 0 Å². The molecule has 3 nitrogen and oxygen atoms in total. The first-order chi connectivity index (χ1) is 9.02. The van der Waals surface area contributed by atoms with Crippen LogP contribution in [0.15, 0.2) is 22.7 Å². The highest BCUT2D eigenvalue weighted by atomic mass is 79.9. The summed E-state index contributed by atoms with van der Waals surface area (Å²) in [6.07, 6.45) is 0. The number of aromatic nitrogens is 1. The van der Waals surface area contributed by atoms with E-state index in [1.807, 2.05) is 32.0 Å². The second kappa shape index (κ2) is 5.72. The van der Waals surface area contributed by atoms with Crippen LogP contribution in [0.4, 0.5) is 5.69 Å². The molecule has 1 atom stereocenters. The standard InChI is InChI=1S/C14H14BrN3S/c1-8-14(19-10(3)17-8)9(2)18-13-6-4-5-12(15)11(13)7-16/h4-6,9,18H,1-3H3. The molecule has 1 N–H and O–H groups in total. The summed E-state index contributed by atoms with van der Waals surface area (Å²) >= 11 is 5.09. The molecule has 0 aliphatic carbocycles. The maximum Gasteiger partial charge on any atom is 0.103 e. The SMILES string of the molecule is Cc1nc(C)c(C(C)Nc2cccc(Br)c2C#N)s1. The summed E-state index contributed by atoms with van der Waals surface area (Å²) < 4.78 is 0.810. The van der Waals surface area contributed by atoms with Crippen molar-refractivity contribution in [3.05, 3.63) is 43.8 Å². The van der Waals surface area contributed by atoms with Gasteiger partial charge in [-0.05, 0) is 48.8 Å². The van der Waals surface area contributed by atoms with Gasteiger partial charge in [-0.1, -0.05) is 6.07 Å². The fourth-order valence-corrected chi connectivity index (χ4v) is 3.39. The van der Waals surface area contributed by atoms with Crippen LogP contribution in [0.25, 0.3) is 0 Å². The molecule has 1 aromatic heterocycles. The fraction of sp³-hybridized carbons (Fsp3) is 0.286. The van der Waals surface area contributed by atoms with Gasteiger partial charge in [0.15, 0.2) is 0 Å². The molecule has 0 saturated carbocycles. The Kier molecular flexibility index (Phi) is 4.23. The number of thiazole rings is 1. The fourth-order valence-electron chi connectivity index (χ4n) is 2.01. The Morgan fingerprint density at radius 3 is 2.74 bits per heavy atom. The number of benzene rings is 1. The Bertz CT molecular complexity index is 643. The van der Waals surface area contributed by atoms with Gasteiger partial charge in [0.2, 0.25) is 0 Å². The maximum atomic E-state index is 9.21. The summed E-state index contributed by atoms with van der Waals surface area (Å²) in [5, 5.41) is 13.7. The van der Waals surface area contributed by atoms with E-state index in [2.05, 4.69) is 39.2 Å². The summed E-state index contributed by atoms with van der Waals surface area (Å²) in [5.74, 6) is 0. The van der Waals surface area contributed by atoms with E-state index >= 15 is 0 Å². The number of rotatable bonds is 3. The minimum Gasteiger partial charge on any atom is -0.377 e. The molecule has 2 aromatic rings. The topological polar surface area (TPSA) is 48.7 Å². The van der Waals surface area contributed by atoms with E-state index in [4.69, 9.17) is 0 Å². The van der Waals surface area contributed by atoms with E-state index in [0.29, 0.717) is 5.56 Å². The van der Waals surface area contributed by atoms with Crippen LogP contribution in [0.3, 0.4) is 0 Å². The number of aryl methyl sites for hydroxylation is 2. The van der Waals surface area contributed by atoms with Gasteiger partial charge in [0.05, 0.1) is 28.0 Å². The van der Waals surface area contributed by atoms with Crippen molar-refractivity contribution in [3.63, 3.8) is 0 Å². The molecule has 1 aromatic carbocycles. The van der Waals surface area contributed by atoms with Crippen LogP contribution < -0.4 is 5.32 Å². The van der Waals surface area contributed by atoms with Crippen molar-refractivity contribution >= 4 is 33.0 Å². The van der Waals surface area contributed by atoms with Gasteiger partial charge >= 0.3 is 0 Å². The number of nitrogens with one attached hydrogen (secondary N) is 1.